The number of benzene rings is 1. The van der Waals surface area contributed by atoms with Gasteiger partial charge in [-0.15, -0.1) is 0 Å². The molecule has 1 aliphatic rings. The maximum absolute atomic E-state index is 13.3. The molecular formula is C24H21ClF3N7O. The highest BCUT2D eigenvalue weighted by atomic mass is 35.5. The van der Waals surface area contributed by atoms with Gasteiger partial charge in [-0.05, 0) is 37.0 Å². The van der Waals surface area contributed by atoms with E-state index in [0.29, 0.717) is 39.6 Å². The largest absolute Gasteiger partial charge is 0.389 e. The van der Waals surface area contributed by atoms with Gasteiger partial charge in [0.15, 0.2) is 11.5 Å². The normalized spacial score (nSPS) is 17.4. The highest BCUT2D eigenvalue weighted by Gasteiger charge is 2.50. The number of nitrogens with two attached hydrogens (primary N) is 1. The van der Waals surface area contributed by atoms with E-state index in [9.17, 15) is 18.0 Å². The summed E-state index contributed by atoms with van der Waals surface area (Å²) >= 11 is 6.04. The number of nitrogens with one attached hydrogen (secondary N) is 1. The molecule has 186 valence electrons. The molecule has 1 unspecified atom stereocenters. The predicted octanol–water partition coefficient (Wildman–Crippen LogP) is 4.96. The van der Waals surface area contributed by atoms with Crippen molar-refractivity contribution in [3.8, 4) is 11.5 Å². The zero-order valence-corrected chi connectivity index (χ0v) is 19.9. The molecule has 0 aliphatic carbocycles. The van der Waals surface area contributed by atoms with Gasteiger partial charge in [-0.3, -0.25) is 4.79 Å². The van der Waals surface area contributed by atoms with Gasteiger partial charge in [0.25, 0.3) is 0 Å². The minimum atomic E-state index is -4.26. The van der Waals surface area contributed by atoms with Gasteiger partial charge in [0.2, 0.25) is 5.91 Å². The van der Waals surface area contributed by atoms with Gasteiger partial charge < -0.3 is 15.5 Å². The van der Waals surface area contributed by atoms with Crippen molar-refractivity contribution in [1.82, 2.24) is 24.3 Å². The molecule has 0 bridgehead atoms. The quantitative estimate of drug-likeness (QED) is 0.375. The smallest absolute Gasteiger partial charge is 0.383 e. The van der Waals surface area contributed by atoms with Gasteiger partial charge in [0.05, 0.1) is 11.3 Å². The molecule has 0 saturated carbocycles. The van der Waals surface area contributed by atoms with Crippen LogP contribution in [-0.2, 0) is 16.6 Å². The monoisotopic (exact) mass is 515 g/mol. The summed E-state index contributed by atoms with van der Waals surface area (Å²) in [5.74, 6) is 0.232. The molecule has 12 heteroatoms. The fourth-order valence-electron chi connectivity index (χ4n) is 4.71. The number of amides is 1. The first-order valence-corrected chi connectivity index (χ1v) is 11.7. The number of aromatic nitrogens is 5. The number of carbonyl (C=O) groups is 1. The lowest BCUT2D eigenvalue weighted by molar-refractivity contribution is -0.135. The predicted molar refractivity (Wildman–Crippen MR) is 129 cm³/mol. The molecule has 4 heterocycles. The number of nitrogens with zero attached hydrogens (tertiary/aromatic N) is 5. The third-order valence-corrected chi connectivity index (χ3v) is 6.65. The number of rotatable bonds is 6. The Kier molecular flexibility index (Phi) is 5.82. The Bertz CT molecular complexity index is 1470. The number of hydrogen-bond acceptors (Lipinski definition) is 6. The number of carbonyl (C=O) groups excluding carboxylic acids is 1. The third-order valence-electron chi connectivity index (χ3n) is 6.40. The SMILES string of the molecule is CCC1(c2ccc(Cl)cc2)C(=O)Nc2nc(-c3cn4ccnc4c(CCCC(F)(F)F)n3)nc(N)c21. The first-order valence-electron chi connectivity index (χ1n) is 11.3. The van der Waals surface area contributed by atoms with Gasteiger partial charge in [0, 0.05) is 30.0 Å². The standard InChI is InChI=1S/C24H21ClF3N7O/c1-2-23(13-5-7-14(25)8-6-13)17-18(29)32-19(33-20(17)34-22(23)36)16-12-35-11-10-30-21(35)15(31-16)4-3-9-24(26,27)28/h5-8,10-12H,2-4,9H2,1H3,(H3,29,32,33,34,36). The van der Waals surface area contributed by atoms with Crippen molar-refractivity contribution in [3.05, 3.63) is 64.7 Å². The second-order valence-corrected chi connectivity index (χ2v) is 9.01. The van der Waals surface area contributed by atoms with Crippen LogP contribution in [0.25, 0.3) is 17.2 Å². The van der Waals surface area contributed by atoms with Crippen LogP contribution < -0.4 is 11.1 Å². The Hall–Kier alpha value is -3.73. The van der Waals surface area contributed by atoms with Gasteiger partial charge in [-0.2, -0.15) is 13.2 Å². The molecular weight excluding hydrogens is 495 g/mol. The average Bonchev–Trinajstić information content (AvgIpc) is 3.41. The summed E-state index contributed by atoms with van der Waals surface area (Å²) in [7, 11) is 0. The van der Waals surface area contributed by atoms with Crippen LogP contribution in [-0.4, -0.2) is 36.4 Å². The fraction of sp³-hybridized carbons (Fsp3) is 0.292. The third kappa shape index (κ3) is 4.02. The lowest BCUT2D eigenvalue weighted by Crippen LogP contribution is -2.35. The van der Waals surface area contributed by atoms with E-state index in [1.54, 1.807) is 41.1 Å². The molecule has 3 N–H and O–H groups in total. The van der Waals surface area contributed by atoms with E-state index < -0.39 is 18.0 Å². The zero-order valence-electron chi connectivity index (χ0n) is 19.1. The number of hydrogen-bond donors (Lipinski definition) is 2. The molecule has 3 aromatic heterocycles. The maximum atomic E-state index is 13.3. The van der Waals surface area contributed by atoms with Gasteiger partial charge in [-0.25, -0.2) is 19.9 Å². The van der Waals surface area contributed by atoms with Gasteiger partial charge in [-0.1, -0.05) is 30.7 Å². The van der Waals surface area contributed by atoms with E-state index in [2.05, 4.69) is 25.3 Å². The Morgan fingerprint density at radius 2 is 1.92 bits per heavy atom. The van der Waals surface area contributed by atoms with Crippen LogP contribution in [0.2, 0.25) is 5.02 Å². The highest BCUT2D eigenvalue weighted by Crippen LogP contribution is 2.47. The Balaban J connectivity index is 1.58. The lowest BCUT2D eigenvalue weighted by Gasteiger charge is -2.27. The first-order chi connectivity index (χ1) is 17.1. The van der Waals surface area contributed by atoms with Crippen molar-refractivity contribution in [2.24, 2.45) is 0 Å². The summed E-state index contributed by atoms with van der Waals surface area (Å²) in [5.41, 5.74) is 7.63. The van der Waals surface area contributed by atoms with Crippen LogP contribution in [0.15, 0.2) is 42.9 Å². The molecule has 1 amide bonds. The van der Waals surface area contributed by atoms with Crippen LogP contribution in [0.1, 0.15) is 43.0 Å². The summed E-state index contributed by atoms with van der Waals surface area (Å²) in [6.07, 6.45) is -0.0171. The minimum absolute atomic E-state index is 0.0700. The molecule has 4 aromatic rings. The number of aryl methyl sites for hydroxylation is 1. The Morgan fingerprint density at radius 1 is 1.17 bits per heavy atom. The number of fused-ring (bicyclic) bond motifs is 2. The van der Waals surface area contributed by atoms with Gasteiger partial charge in [0.1, 0.15) is 22.7 Å². The summed E-state index contributed by atoms with van der Waals surface area (Å²) in [6.45, 7) is 1.87. The second kappa shape index (κ2) is 8.74. The fourth-order valence-corrected chi connectivity index (χ4v) is 4.84. The molecule has 36 heavy (non-hydrogen) atoms. The molecule has 5 rings (SSSR count). The number of alkyl halides is 3. The topological polar surface area (TPSA) is 111 Å². The molecule has 0 saturated heterocycles. The summed E-state index contributed by atoms with van der Waals surface area (Å²) in [6, 6.07) is 6.95. The molecule has 1 aliphatic heterocycles. The van der Waals surface area contributed by atoms with Crippen molar-refractivity contribution < 1.29 is 18.0 Å². The summed E-state index contributed by atoms with van der Waals surface area (Å²) < 4.78 is 39.7. The molecule has 0 radical (unpaired) electrons. The average molecular weight is 516 g/mol. The summed E-state index contributed by atoms with van der Waals surface area (Å²) in [5, 5.41) is 3.36. The second-order valence-electron chi connectivity index (χ2n) is 8.58. The molecule has 0 fully saturated rings. The van der Waals surface area contributed by atoms with Crippen LogP contribution >= 0.6 is 11.6 Å². The zero-order chi connectivity index (χ0) is 25.7. The number of nitrogen functional groups attached to an aromatic ring is 1. The summed E-state index contributed by atoms with van der Waals surface area (Å²) in [4.78, 5) is 31.0. The molecule has 1 aromatic carbocycles. The Morgan fingerprint density at radius 3 is 2.61 bits per heavy atom. The van der Waals surface area contributed by atoms with Crippen molar-refractivity contribution >= 4 is 34.8 Å². The number of anilines is 2. The van der Waals surface area contributed by atoms with Crippen molar-refractivity contribution in [2.75, 3.05) is 11.1 Å². The number of halogens is 4. The van der Waals surface area contributed by atoms with Crippen LogP contribution in [0.4, 0.5) is 24.8 Å². The van der Waals surface area contributed by atoms with Crippen molar-refractivity contribution in [1.29, 1.82) is 0 Å². The lowest BCUT2D eigenvalue weighted by atomic mass is 9.74. The van der Waals surface area contributed by atoms with Crippen molar-refractivity contribution in [3.63, 3.8) is 0 Å². The highest BCUT2D eigenvalue weighted by molar-refractivity contribution is 6.30. The van der Waals surface area contributed by atoms with Gasteiger partial charge >= 0.3 is 6.18 Å². The van der Waals surface area contributed by atoms with E-state index in [0.717, 1.165) is 0 Å². The van der Waals surface area contributed by atoms with Crippen LogP contribution in [0, 0.1) is 0 Å². The maximum Gasteiger partial charge on any atom is 0.389 e. The minimum Gasteiger partial charge on any atom is -0.383 e. The van der Waals surface area contributed by atoms with E-state index in [1.807, 2.05) is 6.92 Å². The first kappa shape index (κ1) is 24.0. The van der Waals surface area contributed by atoms with E-state index in [-0.39, 0.29) is 36.2 Å². The molecule has 8 nitrogen and oxygen atoms in total. The number of imidazole rings is 1. The van der Waals surface area contributed by atoms with Crippen LogP contribution in [0.3, 0.4) is 0 Å². The van der Waals surface area contributed by atoms with Crippen LogP contribution in [0.5, 0.6) is 0 Å². The van der Waals surface area contributed by atoms with Crippen molar-refractivity contribution in [2.45, 2.75) is 44.2 Å². The van der Waals surface area contributed by atoms with E-state index in [1.165, 1.54) is 6.20 Å². The molecule has 1 atom stereocenters. The van der Waals surface area contributed by atoms with E-state index in [4.69, 9.17) is 17.3 Å². The Labute approximate surface area is 208 Å². The molecule has 0 spiro atoms. The van der Waals surface area contributed by atoms with E-state index >= 15 is 0 Å².